The number of sulfonamides is 1. The number of amides is 1. The summed E-state index contributed by atoms with van der Waals surface area (Å²) in [6.07, 6.45) is 0.952. The topological polar surface area (TPSA) is 79.4 Å². The van der Waals surface area contributed by atoms with E-state index in [1.165, 1.54) is 6.07 Å². The van der Waals surface area contributed by atoms with Gasteiger partial charge >= 0.3 is 0 Å². The number of anilines is 2. The summed E-state index contributed by atoms with van der Waals surface area (Å²) in [4.78, 5) is 18.0. The predicted molar refractivity (Wildman–Crippen MR) is 92.6 cm³/mol. The van der Waals surface area contributed by atoms with Crippen molar-refractivity contribution < 1.29 is 13.2 Å². The minimum atomic E-state index is -3.72. The minimum Gasteiger partial charge on any atom is -0.312 e. The van der Waals surface area contributed by atoms with E-state index >= 15 is 0 Å². The van der Waals surface area contributed by atoms with E-state index in [-0.39, 0.29) is 16.6 Å². The Hall–Kier alpha value is -2.41. The molecule has 0 unspecified atom stereocenters. The molecule has 0 atom stereocenters. The summed E-state index contributed by atoms with van der Waals surface area (Å²) < 4.78 is 27.7. The molecule has 1 amide bonds. The SMILES string of the molecule is CCN1C(=O)CCc2cc(S(=O)(=O)Nc3cccc(C)n3)ccc21. The van der Waals surface area contributed by atoms with Crippen LogP contribution in [0.5, 0.6) is 0 Å². The van der Waals surface area contributed by atoms with Gasteiger partial charge < -0.3 is 4.90 Å². The van der Waals surface area contributed by atoms with E-state index in [4.69, 9.17) is 0 Å². The third-order valence-electron chi connectivity index (χ3n) is 4.00. The Morgan fingerprint density at radius 2 is 2.00 bits per heavy atom. The smallest absolute Gasteiger partial charge is 0.263 e. The monoisotopic (exact) mass is 345 g/mol. The number of benzene rings is 1. The highest BCUT2D eigenvalue weighted by atomic mass is 32.2. The number of carbonyl (C=O) groups is 1. The van der Waals surface area contributed by atoms with Crippen molar-refractivity contribution in [2.75, 3.05) is 16.2 Å². The number of nitrogens with zero attached hydrogens (tertiary/aromatic N) is 2. The van der Waals surface area contributed by atoms with E-state index in [2.05, 4.69) is 9.71 Å². The molecule has 3 rings (SSSR count). The Bertz CT molecular complexity index is 894. The third-order valence-corrected chi connectivity index (χ3v) is 5.36. The average Bonchev–Trinajstić information content (AvgIpc) is 2.54. The zero-order chi connectivity index (χ0) is 17.3. The molecule has 1 aliphatic rings. The van der Waals surface area contributed by atoms with Crippen molar-refractivity contribution in [2.24, 2.45) is 0 Å². The maximum atomic E-state index is 12.6. The lowest BCUT2D eigenvalue weighted by atomic mass is 10.0. The van der Waals surface area contributed by atoms with Crippen LogP contribution in [0.4, 0.5) is 11.5 Å². The standard InChI is InChI=1S/C17H19N3O3S/c1-3-20-15-9-8-14(11-13(15)7-10-17(20)21)24(22,23)19-16-6-4-5-12(2)18-16/h4-6,8-9,11H,3,7,10H2,1-2H3,(H,18,19). The molecule has 1 aliphatic heterocycles. The Labute approximate surface area is 141 Å². The van der Waals surface area contributed by atoms with Gasteiger partial charge in [-0.25, -0.2) is 13.4 Å². The maximum Gasteiger partial charge on any atom is 0.263 e. The Balaban J connectivity index is 1.94. The lowest BCUT2D eigenvalue weighted by Gasteiger charge is -2.28. The fraction of sp³-hybridized carbons (Fsp3) is 0.294. The van der Waals surface area contributed by atoms with Gasteiger partial charge in [0.2, 0.25) is 5.91 Å². The summed E-state index contributed by atoms with van der Waals surface area (Å²) in [5, 5.41) is 0. The first kappa shape index (κ1) is 16.4. The normalized spacial score (nSPS) is 14.4. The summed E-state index contributed by atoms with van der Waals surface area (Å²) in [7, 11) is -3.72. The third kappa shape index (κ3) is 3.12. The van der Waals surface area contributed by atoms with E-state index in [9.17, 15) is 13.2 Å². The van der Waals surface area contributed by atoms with Crippen molar-refractivity contribution in [3.8, 4) is 0 Å². The van der Waals surface area contributed by atoms with Crippen molar-refractivity contribution in [3.63, 3.8) is 0 Å². The van der Waals surface area contributed by atoms with Gasteiger partial charge in [0.15, 0.2) is 0 Å². The molecule has 0 bridgehead atoms. The van der Waals surface area contributed by atoms with Gasteiger partial charge in [0.25, 0.3) is 10.0 Å². The number of aromatic nitrogens is 1. The van der Waals surface area contributed by atoms with Crippen LogP contribution in [0.15, 0.2) is 41.3 Å². The number of aryl methyl sites for hydroxylation is 2. The molecule has 0 aliphatic carbocycles. The molecule has 2 heterocycles. The number of rotatable bonds is 4. The average molecular weight is 345 g/mol. The zero-order valence-corrected chi connectivity index (χ0v) is 14.4. The Kier molecular flexibility index (Phi) is 4.28. The van der Waals surface area contributed by atoms with Crippen molar-refractivity contribution in [1.82, 2.24) is 4.98 Å². The molecule has 0 spiro atoms. The molecule has 2 aromatic rings. The van der Waals surface area contributed by atoms with Crippen LogP contribution in [0.3, 0.4) is 0 Å². The molecule has 24 heavy (non-hydrogen) atoms. The van der Waals surface area contributed by atoms with Crippen LogP contribution in [0, 0.1) is 6.92 Å². The number of carbonyl (C=O) groups excluding carboxylic acids is 1. The van der Waals surface area contributed by atoms with E-state index in [1.807, 2.05) is 6.92 Å². The van der Waals surface area contributed by atoms with Crippen molar-refractivity contribution >= 4 is 27.4 Å². The fourth-order valence-corrected chi connectivity index (χ4v) is 3.90. The summed E-state index contributed by atoms with van der Waals surface area (Å²) in [5.41, 5.74) is 2.40. The fourth-order valence-electron chi connectivity index (χ4n) is 2.85. The van der Waals surface area contributed by atoms with Crippen LogP contribution in [-0.4, -0.2) is 25.9 Å². The van der Waals surface area contributed by atoms with Gasteiger partial charge in [0.05, 0.1) is 4.90 Å². The van der Waals surface area contributed by atoms with E-state index in [1.54, 1.807) is 42.2 Å². The Morgan fingerprint density at radius 3 is 2.71 bits per heavy atom. The van der Waals surface area contributed by atoms with Crippen LogP contribution in [-0.2, 0) is 21.2 Å². The summed E-state index contributed by atoms with van der Waals surface area (Å²) in [6, 6.07) is 10.0. The first-order chi connectivity index (χ1) is 11.4. The number of hydrogen-bond acceptors (Lipinski definition) is 4. The highest BCUT2D eigenvalue weighted by Crippen LogP contribution is 2.30. The molecule has 6 nitrogen and oxygen atoms in total. The number of nitrogens with one attached hydrogen (secondary N) is 1. The molecule has 1 aromatic carbocycles. The van der Waals surface area contributed by atoms with Gasteiger partial charge in [-0.15, -0.1) is 0 Å². The lowest BCUT2D eigenvalue weighted by Crippen LogP contribution is -2.34. The van der Waals surface area contributed by atoms with E-state index < -0.39 is 10.0 Å². The molecule has 0 radical (unpaired) electrons. The van der Waals surface area contributed by atoms with Gasteiger partial charge in [0, 0.05) is 24.3 Å². The van der Waals surface area contributed by atoms with E-state index in [0.29, 0.717) is 19.4 Å². The largest absolute Gasteiger partial charge is 0.312 e. The summed E-state index contributed by atoms with van der Waals surface area (Å²) in [5.74, 6) is 0.362. The van der Waals surface area contributed by atoms with Gasteiger partial charge in [-0.3, -0.25) is 9.52 Å². The first-order valence-electron chi connectivity index (χ1n) is 7.80. The predicted octanol–water partition coefficient (Wildman–Crippen LogP) is 2.49. The molecule has 7 heteroatoms. The van der Waals surface area contributed by atoms with Gasteiger partial charge in [-0.2, -0.15) is 0 Å². The zero-order valence-electron chi connectivity index (χ0n) is 13.6. The quantitative estimate of drug-likeness (QED) is 0.923. The molecule has 0 saturated heterocycles. The van der Waals surface area contributed by atoms with Crippen LogP contribution < -0.4 is 9.62 Å². The molecule has 0 saturated carbocycles. The van der Waals surface area contributed by atoms with Crippen molar-refractivity contribution in [3.05, 3.63) is 47.7 Å². The van der Waals surface area contributed by atoms with E-state index in [0.717, 1.165) is 16.9 Å². The molecule has 1 N–H and O–H groups in total. The molecule has 1 aromatic heterocycles. The number of pyridine rings is 1. The second-order valence-electron chi connectivity index (χ2n) is 5.70. The first-order valence-corrected chi connectivity index (χ1v) is 9.29. The van der Waals surface area contributed by atoms with Crippen molar-refractivity contribution in [1.29, 1.82) is 0 Å². The maximum absolute atomic E-state index is 12.6. The van der Waals surface area contributed by atoms with Gasteiger partial charge in [0.1, 0.15) is 5.82 Å². The second-order valence-corrected chi connectivity index (χ2v) is 7.38. The number of fused-ring (bicyclic) bond motifs is 1. The van der Waals surface area contributed by atoms with Gasteiger partial charge in [-0.05, 0) is 56.2 Å². The van der Waals surface area contributed by atoms with Crippen LogP contribution in [0.25, 0.3) is 0 Å². The van der Waals surface area contributed by atoms with Crippen LogP contribution >= 0.6 is 0 Å². The molecule has 126 valence electrons. The van der Waals surface area contributed by atoms with Gasteiger partial charge in [-0.1, -0.05) is 6.07 Å². The number of hydrogen-bond donors (Lipinski definition) is 1. The van der Waals surface area contributed by atoms with Crippen LogP contribution in [0.2, 0.25) is 0 Å². The molecular formula is C17H19N3O3S. The summed E-state index contributed by atoms with van der Waals surface area (Å²) in [6.45, 7) is 4.28. The molecule has 0 fully saturated rings. The summed E-state index contributed by atoms with van der Waals surface area (Å²) >= 11 is 0. The highest BCUT2D eigenvalue weighted by molar-refractivity contribution is 7.92. The van der Waals surface area contributed by atoms with Crippen LogP contribution in [0.1, 0.15) is 24.6 Å². The van der Waals surface area contributed by atoms with Crippen molar-refractivity contribution in [2.45, 2.75) is 31.6 Å². The highest BCUT2D eigenvalue weighted by Gasteiger charge is 2.25. The lowest BCUT2D eigenvalue weighted by molar-refractivity contribution is -0.118. The molecular weight excluding hydrogens is 326 g/mol. The second kappa shape index (κ2) is 6.24. The minimum absolute atomic E-state index is 0.0719. The Morgan fingerprint density at radius 1 is 1.21 bits per heavy atom.